The van der Waals surface area contributed by atoms with E-state index in [2.05, 4.69) is 5.32 Å². The summed E-state index contributed by atoms with van der Waals surface area (Å²) in [4.78, 5) is 27.7. The second-order valence-electron chi connectivity index (χ2n) is 8.11. The molecular weight excluding hydrogens is 428 g/mol. The average Bonchev–Trinajstić information content (AvgIpc) is 2.82. The first-order valence-corrected chi connectivity index (χ1v) is 11.5. The van der Waals surface area contributed by atoms with E-state index in [0.717, 1.165) is 31.2 Å². The molecule has 1 aliphatic carbocycles. The zero-order chi connectivity index (χ0) is 22.9. The van der Waals surface area contributed by atoms with Gasteiger partial charge in [0.2, 0.25) is 5.91 Å². The summed E-state index contributed by atoms with van der Waals surface area (Å²) >= 11 is 6.00. The van der Waals surface area contributed by atoms with Crippen LogP contribution in [0.4, 0.5) is 0 Å². The number of hydrogen-bond acceptors (Lipinski definition) is 4. The van der Waals surface area contributed by atoms with E-state index in [1.807, 2.05) is 24.3 Å². The SMILES string of the molecule is COc1ccccc1OCC(=O)N(Cc1ccc(Cl)cc1)[C@H](C)C(=O)NC1CCCCC1. The molecule has 0 radical (unpaired) electrons. The van der Waals surface area contributed by atoms with E-state index in [1.165, 1.54) is 6.42 Å². The Kier molecular flexibility index (Phi) is 8.80. The van der Waals surface area contributed by atoms with Crippen LogP contribution in [0.2, 0.25) is 5.02 Å². The van der Waals surface area contributed by atoms with Gasteiger partial charge in [-0.15, -0.1) is 0 Å². The molecular formula is C25H31ClN2O4. The van der Waals surface area contributed by atoms with Gasteiger partial charge >= 0.3 is 0 Å². The third-order valence-electron chi connectivity index (χ3n) is 5.81. The quantitative estimate of drug-likeness (QED) is 0.596. The number of halogens is 1. The monoisotopic (exact) mass is 458 g/mol. The van der Waals surface area contributed by atoms with Crippen LogP contribution in [0.25, 0.3) is 0 Å². The second-order valence-corrected chi connectivity index (χ2v) is 8.54. The fourth-order valence-electron chi connectivity index (χ4n) is 3.90. The molecule has 172 valence electrons. The van der Waals surface area contributed by atoms with Crippen molar-refractivity contribution in [1.82, 2.24) is 10.2 Å². The van der Waals surface area contributed by atoms with Gasteiger partial charge in [0.15, 0.2) is 18.1 Å². The molecule has 0 unspecified atom stereocenters. The largest absolute Gasteiger partial charge is 0.493 e. The van der Waals surface area contributed by atoms with Crippen molar-refractivity contribution in [3.05, 3.63) is 59.1 Å². The summed E-state index contributed by atoms with van der Waals surface area (Å²) in [5.74, 6) is 0.607. The zero-order valence-corrected chi connectivity index (χ0v) is 19.4. The first-order chi connectivity index (χ1) is 15.5. The molecule has 2 aromatic rings. The standard InChI is InChI=1S/C25H31ClN2O4/c1-18(25(30)27-21-8-4-3-5-9-21)28(16-19-12-14-20(26)15-13-19)24(29)17-32-23-11-7-6-10-22(23)31-2/h6-7,10-15,18,21H,3-5,8-9,16-17H2,1-2H3,(H,27,30)/t18-/m1/s1. The Labute approximate surface area is 194 Å². The maximum absolute atomic E-state index is 13.2. The molecule has 1 atom stereocenters. The van der Waals surface area contributed by atoms with Crippen molar-refractivity contribution in [2.45, 2.75) is 57.7 Å². The average molecular weight is 459 g/mol. The van der Waals surface area contributed by atoms with Gasteiger partial charge < -0.3 is 19.7 Å². The highest BCUT2D eigenvalue weighted by atomic mass is 35.5. The highest BCUT2D eigenvalue weighted by Crippen LogP contribution is 2.26. The molecule has 1 fully saturated rings. The molecule has 32 heavy (non-hydrogen) atoms. The fraction of sp³-hybridized carbons (Fsp3) is 0.440. The summed E-state index contributed by atoms with van der Waals surface area (Å²) < 4.78 is 11.0. The fourth-order valence-corrected chi connectivity index (χ4v) is 4.02. The lowest BCUT2D eigenvalue weighted by Gasteiger charge is -2.31. The van der Waals surface area contributed by atoms with Crippen LogP contribution in [0.5, 0.6) is 11.5 Å². The summed E-state index contributed by atoms with van der Waals surface area (Å²) in [5.41, 5.74) is 0.886. The summed E-state index contributed by atoms with van der Waals surface area (Å²) in [6.45, 7) is 1.84. The van der Waals surface area contributed by atoms with E-state index < -0.39 is 6.04 Å². The Balaban J connectivity index is 1.71. The smallest absolute Gasteiger partial charge is 0.261 e. The van der Waals surface area contributed by atoms with Crippen LogP contribution in [0.15, 0.2) is 48.5 Å². The number of para-hydroxylation sites is 2. The molecule has 0 spiro atoms. The first kappa shape index (κ1) is 23.9. The Bertz CT molecular complexity index is 897. The van der Waals surface area contributed by atoms with E-state index in [1.54, 1.807) is 43.2 Å². The van der Waals surface area contributed by atoms with Crippen molar-refractivity contribution in [1.29, 1.82) is 0 Å². The zero-order valence-electron chi connectivity index (χ0n) is 18.7. The number of rotatable bonds is 9. The number of ether oxygens (including phenoxy) is 2. The van der Waals surface area contributed by atoms with Crippen LogP contribution < -0.4 is 14.8 Å². The topological polar surface area (TPSA) is 67.9 Å². The molecule has 7 heteroatoms. The minimum Gasteiger partial charge on any atom is -0.493 e. The van der Waals surface area contributed by atoms with E-state index >= 15 is 0 Å². The molecule has 0 aromatic heterocycles. The lowest BCUT2D eigenvalue weighted by molar-refractivity contribution is -0.142. The Morgan fingerprint density at radius 2 is 1.72 bits per heavy atom. The van der Waals surface area contributed by atoms with Gasteiger partial charge in [-0.1, -0.05) is 55.1 Å². The van der Waals surface area contributed by atoms with E-state index in [9.17, 15) is 9.59 Å². The van der Waals surface area contributed by atoms with Crippen molar-refractivity contribution in [2.24, 2.45) is 0 Å². The molecule has 6 nitrogen and oxygen atoms in total. The number of nitrogens with one attached hydrogen (secondary N) is 1. The van der Waals surface area contributed by atoms with Gasteiger partial charge in [-0.3, -0.25) is 9.59 Å². The number of amides is 2. The molecule has 1 N–H and O–H groups in total. The molecule has 3 rings (SSSR count). The summed E-state index contributed by atoms with van der Waals surface area (Å²) in [5, 5.41) is 3.75. The van der Waals surface area contributed by atoms with Gasteiger partial charge in [0, 0.05) is 17.6 Å². The van der Waals surface area contributed by atoms with Gasteiger partial charge in [0.1, 0.15) is 6.04 Å². The van der Waals surface area contributed by atoms with Crippen LogP contribution in [-0.4, -0.2) is 42.5 Å². The Morgan fingerprint density at radius 1 is 1.06 bits per heavy atom. The summed E-state index contributed by atoms with van der Waals surface area (Å²) in [6.07, 6.45) is 5.43. The molecule has 2 amide bonds. The lowest BCUT2D eigenvalue weighted by atomic mass is 9.95. The number of methoxy groups -OCH3 is 1. The maximum Gasteiger partial charge on any atom is 0.261 e. The number of carbonyl (C=O) groups is 2. The first-order valence-electron chi connectivity index (χ1n) is 11.1. The Hall–Kier alpha value is -2.73. The maximum atomic E-state index is 13.2. The number of hydrogen-bond donors (Lipinski definition) is 1. The van der Waals surface area contributed by atoms with E-state index in [-0.39, 0.29) is 31.0 Å². The van der Waals surface area contributed by atoms with Crippen LogP contribution >= 0.6 is 11.6 Å². The molecule has 0 aliphatic heterocycles. The van der Waals surface area contributed by atoms with Crippen LogP contribution in [-0.2, 0) is 16.1 Å². The third-order valence-corrected chi connectivity index (χ3v) is 6.06. The normalized spacial score (nSPS) is 15.0. The molecule has 0 saturated heterocycles. The van der Waals surface area contributed by atoms with Gasteiger partial charge in [-0.25, -0.2) is 0 Å². The molecule has 0 heterocycles. The lowest BCUT2D eigenvalue weighted by Crippen LogP contribution is -2.51. The van der Waals surface area contributed by atoms with Gasteiger partial charge in [-0.2, -0.15) is 0 Å². The highest BCUT2D eigenvalue weighted by Gasteiger charge is 2.28. The minimum atomic E-state index is -0.638. The van der Waals surface area contributed by atoms with E-state index in [4.69, 9.17) is 21.1 Å². The number of benzene rings is 2. The molecule has 0 bridgehead atoms. The molecule has 1 aliphatic rings. The predicted molar refractivity (Wildman–Crippen MR) is 125 cm³/mol. The van der Waals surface area contributed by atoms with Crippen molar-refractivity contribution in [2.75, 3.05) is 13.7 Å². The minimum absolute atomic E-state index is 0.142. The Morgan fingerprint density at radius 3 is 2.38 bits per heavy atom. The summed E-state index contributed by atoms with van der Waals surface area (Å²) in [7, 11) is 1.55. The van der Waals surface area contributed by atoms with Crippen LogP contribution in [0, 0.1) is 0 Å². The predicted octanol–water partition coefficient (Wildman–Crippen LogP) is 4.59. The third kappa shape index (κ3) is 6.63. The van der Waals surface area contributed by atoms with Crippen LogP contribution in [0.1, 0.15) is 44.6 Å². The second kappa shape index (κ2) is 11.8. The summed E-state index contributed by atoms with van der Waals surface area (Å²) in [6, 6.07) is 14.0. The number of nitrogens with zero attached hydrogens (tertiary/aromatic N) is 1. The van der Waals surface area contributed by atoms with E-state index in [0.29, 0.717) is 16.5 Å². The van der Waals surface area contributed by atoms with Crippen molar-refractivity contribution in [3.63, 3.8) is 0 Å². The van der Waals surface area contributed by atoms with Gasteiger partial charge in [0.25, 0.3) is 5.91 Å². The highest BCUT2D eigenvalue weighted by molar-refractivity contribution is 6.30. The van der Waals surface area contributed by atoms with Crippen molar-refractivity contribution < 1.29 is 19.1 Å². The van der Waals surface area contributed by atoms with Crippen molar-refractivity contribution >= 4 is 23.4 Å². The van der Waals surface area contributed by atoms with Crippen LogP contribution in [0.3, 0.4) is 0 Å². The van der Waals surface area contributed by atoms with Gasteiger partial charge in [-0.05, 0) is 49.6 Å². The molecule has 1 saturated carbocycles. The molecule has 2 aromatic carbocycles. The van der Waals surface area contributed by atoms with Crippen molar-refractivity contribution in [3.8, 4) is 11.5 Å². The van der Waals surface area contributed by atoms with Gasteiger partial charge in [0.05, 0.1) is 7.11 Å². The number of carbonyl (C=O) groups excluding carboxylic acids is 2.